The molecule has 0 spiro atoms. The fourth-order valence-electron chi connectivity index (χ4n) is 1.62. The number of nitrogens with zero attached hydrogens (tertiary/aromatic N) is 4. The van der Waals surface area contributed by atoms with Crippen molar-refractivity contribution in [2.45, 2.75) is 19.4 Å². The van der Waals surface area contributed by atoms with Gasteiger partial charge in [0.05, 0.1) is 17.9 Å². The summed E-state index contributed by atoms with van der Waals surface area (Å²) in [5, 5.41) is 4.11. The summed E-state index contributed by atoms with van der Waals surface area (Å²) < 4.78 is 1.77. The molecular formula is C11H15N5. The third kappa shape index (κ3) is 2.43. The van der Waals surface area contributed by atoms with Crippen molar-refractivity contribution in [3.8, 4) is 0 Å². The maximum Gasteiger partial charge on any atom is 0.125 e. The molecule has 1 atom stereocenters. The molecule has 5 heteroatoms. The molecule has 16 heavy (non-hydrogen) atoms. The zero-order valence-electron chi connectivity index (χ0n) is 9.46. The molecule has 0 bridgehead atoms. The lowest BCUT2D eigenvalue weighted by Gasteiger charge is -2.09. The summed E-state index contributed by atoms with van der Waals surface area (Å²) in [7, 11) is 1.89. The summed E-state index contributed by atoms with van der Waals surface area (Å²) in [4.78, 5) is 8.36. The Bertz CT molecular complexity index is 477. The first-order valence-corrected chi connectivity index (χ1v) is 5.18. The van der Waals surface area contributed by atoms with Gasteiger partial charge in [0.15, 0.2) is 0 Å². The fourth-order valence-corrected chi connectivity index (χ4v) is 1.62. The highest BCUT2D eigenvalue weighted by atomic mass is 15.2. The third-order valence-electron chi connectivity index (χ3n) is 2.39. The van der Waals surface area contributed by atoms with Crippen LogP contribution < -0.4 is 5.73 Å². The van der Waals surface area contributed by atoms with E-state index < -0.39 is 0 Å². The van der Waals surface area contributed by atoms with Crippen LogP contribution in [0, 0.1) is 6.92 Å². The van der Waals surface area contributed by atoms with E-state index in [9.17, 15) is 0 Å². The van der Waals surface area contributed by atoms with Crippen LogP contribution in [0.25, 0.3) is 0 Å². The van der Waals surface area contributed by atoms with Crippen molar-refractivity contribution in [1.29, 1.82) is 0 Å². The van der Waals surface area contributed by atoms with Crippen LogP contribution in [0.4, 0.5) is 0 Å². The van der Waals surface area contributed by atoms with Gasteiger partial charge in [0.25, 0.3) is 0 Å². The molecule has 2 N–H and O–H groups in total. The van der Waals surface area contributed by atoms with E-state index >= 15 is 0 Å². The average Bonchev–Trinajstić information content (AvgIpc) is 2.64. The van der Waals surface area contributed by atoms with Gasteiger partial charge in [-0.1, -0.05) is 0 Å². The summed E-state index contributed by atoms with van der Waals surface area (Å²) in [5.74, 6) is 0.749. The molecule has 0 aliphatic rings. The van der Waals surface area contributed by atoms with Crippen molar-refractivity contribution in [1.82, 2.24) is 19.7 Å². The molecule has 0 radical (unpaired) electrons. The van der Waals surface area contributed by atoms with Crippen molar-refractivity contribution in [2.24, 2.45) is 12.8 Å². The van der Waals surface area contributed by atoms with Crippen LogP contribution >= 0.6 is 0 Å². The van der Waals surface area contributed by atoms with Gasteiger partial charge in [-0.25, -0.2) is 9.97 Å². The van der Waals surface area contributed by atoms with Gasteiger partial charge in [-0.2, -0.15) is 5.10 Å². The lowest BCUT2D eigenvalue weighted by atomic mass is 10.1. The Morgan fingerprint density at radius 1 is 1.50 bits per heavy atom. The standard InChI is InChI=1S/C11H15N5/c1-8-13-4-3-11(15-8)10(12)5-9-6-14-16(2)7-9/h3-4,6-7,10H,5,12H2,1-2H3. The van der Waals surface area contributed by atoms with E-state index in [-0.39, 0.29) is 6.04 Å². The molecule has 84 valence electrons. The minimum atomic E-state index is -0.106. The Hall–Kier alpha value is -1.75. The molecule has 0 aliphatic carbocycles. The molecule has 0 saturated carbocycles. The molecule has 5 nitrogen and oxygen atoms in total. The molecule has 0 saturated heterocycles. The molecule has 2 rings (SSSR count). The van der Waals surface area contributed by atoms with E-state index in [0.29, 0.717) is 0 Å². The molecule has 2 heterocycles. The quantitative estimate of drug-likeness (QED) is 0.824. The smallest absolute Gasteiger partial charge is 0.125 e. The SMILES string of the molecule is Cc1nccc(C(N)Cc2cnn(C)c2)n1. The Balaban J connectivity index is 2.11. The largest absolute Gasteiger partial charge is 0.322 e. The summed E-state index contributed by atoms with van der Waals surface area (Å²) in [5.41, 5.74) is 8.07. The molecule has 0 aromatic carbocycles. The second-order valence-corrected chi connectivity index (χ2v) is 3.86. The van der Waals surface area contributed by atoms with Crippen molar-refractivity contribution >= 4 is 0 Å². The number of aromatic nitrogens is 4. The van der Waals surface area contributed by atoms with E-state index in [0.717, 1.165) is 23.5 Å². The van der Waals surface area contributed by atoms with Crippen molar-refractivity contribution in [3.63, 3.8) is 0 Å². The Labute approximate surface area is 94.3 Å². The topological polar surface area (TPSA) is 69.6 Å². The van der Waals surface area contributed by atoms with Crippen molar-refractivity contribution in [2.75, 3.05) is 0 Å². The molecule has 0 amide bonds. The minimum absolute atomic E-state index is 0.106. The number of hydrogen-bond acceptors (Lipinski definition) is 4. The first-order valence-electron chi connectivity index (χ1n) is 5.18. The number of hydrogen-bond donors (Lipinski definition) is 1. The third-order valence-corrected chi connectivity index (χ3v) is 2.39. The lowest BCUT2D eigenvalue weighted by Crippen LogP contribution is -2.15. The maximum absolute atomic E-state index is 6.08. The number of rotatable bonds is 3. The second kappa shape index (κ2) is 4.40. The van der Waals surface area contributed by atoms with Crippen LogP contribution in [-0.2, 0) is 13.5 Å². The summed E-state index contributed by atoms with van der Waals surface area (Å²) >= 11 is 0. The summed E-state index contributed by atoms with van der Waals surface area (Å²) in [6.07, 6.45) is 6.27. The highest BCUT2D eigenvalue weighted by molar-refractivity contribution is 5.13. The Kier molecular flexibility index (Phi) is 2.96. The summed E-state index contributed by atoms with van der Waals surface area (Å²) in [6.45, 7) is 1.86. The highest BCUT2D eigenvalue weighted by Crippen LogP contribution is 2.12. The van der Waals surface area contributed by atoms with Gasteiger partial charge in [0.2, 0.25) is 0 Å². The molecular weight excluding hydrogens is 202 g/mol. The van der Waals surface area contributed by atoms with E-state index in [2.05, 4.69) is 15.1 Å². The van der Waals surface area contributed by atoms with Gasteiger partial charge >= 0.3 is 0 Å². The first kappa shape index (κ1) is 10.8. The van der Waals surface area contributed by atoms with Crippen LogP contribution in [0.5, 0.6) is 0 Å². The van der Waals surface area contributed by atoms with Gasteiger partial charge in [0, 0.05) is 19.4 Å². The van der Waals surface area contributed by atoms with E-state index in [4.69, 9.17) is 5.73 Å². The second-order valence-electron chi connectivity index (χ2n) is 3.86. The van der Waals surface area contributed by atoms with Crippen LogP contribution in [0.3, 0.4) is 0 Å². The van der Waals surface area contributed by atoms with Gasteiger partial charge in [0.1, 0.15) is 5.82 Å². The maximum atomic E-state index is 6.08. The normalized spacial score (nSPS) is 12.7. The van der Waals surface area contributed by atoms with Crippen LogP contribution in [-0.4, -0.2) is 19.7 Å². The predicted molar refractivity (Wildman–Crippen MR) is 60.6 cm³/mol. The zero-order chi connectivity index (χ0) is 11.5. The van der Waals surface area contributed by atoms with Gasteiger partial charge in [-0.3, -0.25) is 4.68 Å². The van der Waals surface area contributed by atoms with Crippen molar-refractivity contribution in [3.05, 3.63) is 41.7 Å². The molecule has 2 aromatic heterocycles. The van der Waals surface area contributed by atoms with E-state index in [1.165, 1.54) is 0 Å². The molecule has 2 aromatic rings. The highest BCUT2D eigenvalue weighted by Gasteiger charge is 2.09. The fraction of sp³-hybridized carbons (Fsp3) is 0.364. The monoisotopic (exact) mass is 217 g/mol. The molecule has 0 fully saturated rings. The predicted octanol–water partition coefficient (Wildman–Crippen LogP) is 0.761. The number of nitrogens with two attached hydrogens (primary N) is 1. The van der Waals surface area contributed by atoms with Crippen LogP contribution in [0.2, 0.25) is 0 Å². The lowest BCUT2D eigenvalue weighted by molar-refractivity contribution is 0.686. The van der Waals surface area contributed by atoms with Crippen molar-refractivity contribution < 1.29 is 0 Å². The zero-order valence-corrected chi connectivity index (χ0v) is 9.46. The molecule has 0 aliphatic heterocycles. The number of aryl methyl sites for hydroxylation is 2. The van der Waals surface area contributed by atoms with Gasteiger partial charge in [-0.05, 0) is 25.0 Å². The Morgan fingerprint density at radius 2 is 2.31 bits per heavy atom. The summed E-state index contributed by atoms with van der Waals surface area (Å²) in [6, 6.07) is 1.75. The molecule has 1 unspecified atom stereocenters. The van der Waals surface area contributed by atoms with E-state index in [1.807, 2.05) is 32.4 Å². The van der Waals surface area contributed by atoms with E-state index in [1.54, 1.807) is 10.9 Å². The van der Waals surface area contributed by atoms with Crippen LogP contribution in [0.15, 0.2) is 24.7 Å². The minimum Gasteiger partial charge on any atom is -0.322 e. The first-order chi connectivity index (χ1) is 7.65. The van der Waals surface area contributed by atoms with Gasteiger partial charge in [-0.15, -0.1) is 0 Å². The van der Waals surface area contributed by atoms with Gasteiger partial charge < -0.3 is 5.73 Å². The van der Waals surface area contributed by atoms with Crippen LogP contribution in [0.1, 0.15) is 23.1 Å². The Morgan fingerprint density at radius 3 is 2.94 bits per heavy atom. The average molecular weight is 217 g/mol.